The Bertz CT molecular complexity index is 1540. The van der Waals surface area contributed by atoms with E-state index in [4.69, 9.17) is 10.8 Å². The summed E-state index contributed by atoms with van der Waals surface area (Å²) in [5, 5.41) is 35.5. The Morgan fingerprint density at radius 1 is 1.04 bits per heavy atom. The monoisotopic (exact) mass is 700 g/mol. The van der Waals surface area contributed by atoms with Gasteiger partial charge in [0.05, 0.1) is 36.5 Å². The summed E-state index contributed by atoms with van der Waals surface area (Å²) in [6.07, 6.45) is 8.93. The molecule has 4 rings (SSSR count). The molecule has 18 nitrogen and oxygen atoms in total. The molecule has 1 aliphatic carbocycles. The average molecular weight is 701 g/mol. The highest BCUT2D eigenvalue weighted by molar-refractivity contribution is 6.37. The van der Waals surface area contributed by atoms with Gasteiger partial charge in [0.1, 0.15) is 23.4 Å². The summed E-state index contributed by atoms with van der Waals surface area (Å²) in [4.78, 5) is 82.9. The third-order valence-corrected chi connectivity index (χ3v) is 9.43. The van der Waals surface area contributed by atoms with Crippen molar-refractivity contribution in [3.63, 3.8) is 0 Å². The van der Waals surface area contributed by atoms with Crippen molar-refractivity contribution in [3.8, 4) is 0 Å². The van der Waals surface area contributed by atoms with Gasteiger partial charge in [0, 0.05) is 26.6 Å². The number of Topliss-reactive ketones (excluding diaryl/α,β-unsaturated/α-hetero) is 1. The Balaban J connectivity index is 1.63. The van der Waals surface area contributed by atoms with Crippen LogP contribution in [0.3, 0.4) is 0 Å². The lowest BCUT2D eigenvalue weighted by molar-refractivity contribution is -0.142. The number of carbonyl (C=O) groups excluding carboxylic acids is 5. The van der Waals surface area contributed by atoms with Gasteiger partial charge in [-0.3, -0.25) is 24.0 Å². The molecule has 2 aliphatic rings. The Morgan fingerprint density at radius 3 is 2.38 bits per heavy atom. The second kappa shape index (κ2) is 16.7. The van der Waals surface area contributed by atoms with E-state index >= 15 is 0 Å². The van der Waals surface area contributed by atoms with Crippen molar-refractivity contribution < 1.29 is 39.0 Å². The summed E-state index contributed by atoms with van der Waals surface area (Å²) >= 11 is 0. The van der Waals surface area contributed by atoms with Crippen LogP contribution < -0.4 is 21.7 Å². The second-order valence-corrected chi connectivity index (χ2v) is 13.7. The normalized spacial score (nSPS) is 19.4. The van der Waals surface area contributed by atoms with Gasteiger partial charge in [0.25, 0.3) is 11.8 Å². The summed E-state index contributed by atoms with van der Waals surface area (Å²) in [6, 6.07) is -4.09. The molecule has 2 aromatic heterocycles. The number of aromatic nitrogens is 5. The van der Waals surface area contributed by atoms with Crippen LogP contribution in [0.5, 0.6) is 0 Å². The van der Waals surface area contributed by atoms with Crippen LogP contribution in [0.1, 0.15) is 100 Å². The van der Waals surface area contributed by atoms with Crippen molar-refractivity contribution in [2.75, 3.05) is 13.1 Å². The number of likely N-dealkylation sites (tertiary alicyclic amines) is 1. The number of rotatable bonds is 16. The van der Waals surface area contributed by atoms with E-state index in [1.807, 2.05) is 0 Å². The van der Waals surface area contributed by atoms with Crippen molar-refractivity contribution in [2.24, 2.45) is 18.7 Å². The number of ketones is 1. The maximum Gasteiger partial charge on any atom is 0.404 e. The molecule has 50 heavy (non-hydrogen) atoms. The molecular weight excluding hydrogens is 652 g/mol. The predicted molar refractivity (Wildman–Crippen MR) is 176 cm³/mol. The topological polar surface area (TPSA) is 257 Å². The number of carboxylic acid groups (broad SMARTS) is 1. The number of aryl methyl sites for hydroxylation is 1. The molecule has 274 valence electrons. The highest BCUT2D eigenvalue weighted by atomic mass is 16.4. The molecule has 0 radical (unpaired) electrons. The van der Waals surface area contributed by atoms with E-state index in [-0.39, 0.29) is 44.0 Å². The van der Waals surface area contributed by atoms with E-state index in [1.54, 1.807) is 20.9 Å². The Morgan fingerprint density at radius 2 is 1.76 bits per heavy atom. The van der Waals surface area contributed by atoms with Gasteiger partial charge >= 0.3 is 6.09 Å². The van der Waals surface area contributed by atoms with Crippen LogP contribution in [-0.2, 0) is 31.8 Å². The number of nitrogens with zero attached hydrogens (tertiary/aromatic N) is 6. The number of unbranched alkanes of at least 4 members (excludes halogenated alkanes) is 1. The van der Waals surface area contributed by atoms with E-state index < -0.39 is 65.3 Å². The fourth-order valence-corrected chi connectivity index (χ4v) is 6.80. The quantitative estimate of drug-likeness (QED) is 0.101. The molecule has 1 aliphatic heterocycles. The molecule has 2 aromatic rings. The van der Waals surface area contributed by atoms with Crippen LogP contribution in [0.25, 0.3) is 0 Å². The molecule has 2 fully saturated rings. The molecule has 4 atom stereocenters. The van der Waals surface area contributed by atoms with Crippen molar-refractivity contribution in [1.29, 1.82) is 0 Å². The number of primary amides is 1. The third-order valence-electron chi connectivity index (χ3n) is 9.43. The summed E-state index contributed by atoms with van der Waals surface area (Å²) in [5.41, 5.74) is 4.56. The number of aliphatic hydroxyl groups is 1. The van der Waals surface area contributed by atoms with Crippen molar-refractivity contribution in [2.45, 2.75) is 108 Å². The van der Waals surface area contributed by atoms with Gasteiger partial charge < -0.3 is 41.4 Å². The molecule has 1 saturated heterocycles. The lowest BCUT2D eigenvalue weighted by atomic mass is 9.84. The third kappa shape index (κ3) is 9.64. The Labute approximate surface area is 289 Å². The van der Waals surface area contributed by atoms with Crippen LogP contribution in [-0.4, -0.2) is 106 Å². The molecule has 7 N–H and O–H groups in total. The average Bonchev–Trinajstić information content (AvgIpc) is 3.83. The first kappa shape index (κ1) is 37.9. The molecule has 3 heterocycles. The number of imidazole rings is 1. The first-order chi connectivity index (χ1) is 23.7. The number of nitrogens with two attached hydrogens (primary N) is 1. The van der Waals surface area contributed by atoms with E-state index in [0.29, 0.717) is 18.5 Å². The van der Waals surface area contributed by atoms with Gasteiger partial charge in [0.15, 0.2) is 0 Å². The second-order valence-electron chi connectivity index (χ2n) is 13.7. The van der Waals surface area contributed by atoms with Gasteiger partial charge in [-0.1, -0.05) is 37.3 Å². The Hall–Kier alpha value is -4.87. The highest BCUT2D eigenvalue weighted by Crippen LogP contribution is 2.33. The van der Waals surface area contributed by atoms with Crippen LogP contribution in [0.15, 0.2) is 18.7 Å². The van der Waals surface area contributed by atoms with Crippen molar-refractivity contribution in [3.05, 3.63) is 30.1 Å². The zero-order valence-corrected chi connectivity index (χ0v) is 28.7. The van der Waals surface area contributed by atoms with Crippen LogP contribution in [0.2, 0.25) is 0 Å². The molecule has 1 unspecified atom stereocenters. The maximum absolute atomic E-state index is 14.6. The zero-order valence-electron chi connectivity index (χ0n) is 28.7. The van der Waals surface area contributed by atoms with E-state index in [9.17, 15) is 33.9 Å². The molecule has 18 heteroatoms. The summed E-state index contributed by atoms with van der Waals surface area (Å²) in [6.45, 7) is 3.19. The molecule has 0 bridgehead atoms. The van der Waals surface area contributed by atoms with Crippen molar-refractivity contribution >= 4 is 35.5 Å². The number of carbonyl (C=O) groups is 6. The molecule has 0 aromatic carbocycles. The number of hydrogen-bond donors (Lipinski definition) is 6. The first-order valence-corrected chi connectivity index (χ1v) is 17.0. The SMILES string of the molecule is Cn1cncc1C(=O)N[C@H](CC1CCCCC1)C(=O)N1C[C@@H](n2nncc2C(C)(C)O)C[C@H]1C(=O)NC(CCCCNC(=O)O)C(=O)C(N)=O. The van der Waals surface area contributed by atoms with Gasteiger partial charge in [-0.15, -0.1) is 5.10 Å². The minimum Gasteiger partial charge on any atom is -0.465 e. The zero-order chi connectivity index (χ0) is 36.6. The van der Waals surface area contributed by atoms with Gasteiger partial charge in [-0.25, -0.2) is 14.5 Å². The van der Waals surface area contributed by atoms with Crippen LogP contribution >= 0.6 is 0 Å². The lowest BCUT2D eigenvalue weighted by Gasteiger charge is -2.32. The van der Waals surface area contributed by atoms with Crippen LogP contribution in [0, 0.1) is 5.92 Å². The lowest BCUT2D eigenvalue weighted by Crippen LogP contribution is -2.56. The highest BCUT2D eigenvalue weighted by Gasteiger charge is 2.45. The summed E-state index contributed by atoms with van der Waals surface area (Å²) < 4.78 is 3.01. The summed E-state index contributed by atoms with van der Waals surface area (Å²) in [7, 11) is 1.66. The van der Waals surface area contributed by atoms with Gasteiger partial charge in [-0.05, 0) is 45.4 Å². The first-order valence-electron chi connectivity index (χ1n) is 17.0. The van der Waals surface area contributed by atoms with E-state index in [0.717, 1.165) is 32.1 Å². The smallest absolute Gasteiger partial charge is 0.404 e. The molecule has 1 saturated carbocycles. The molecular formula is C32H48N10O8. The largest absolute Gasteiger partial charge is 0.465 e. The fraction of sp³-hybridized carbons (Fsp3) is 0.656. The van der Waals surface area contributed by atoms with E-state index in [2.05, 4.69) is 31.2 Å². The fourth-order valence-electron chi connectivity index (χ4n) is 6.80. The molecule has 0 spiro atoms. The minimum absolute atomic E-state index is 0.00407. The minimum atomic E-state index is -1.35. The van der Waals surface area contributed by atoms with Crippen molar-refractivity contribution in [1.82, 2.24) is 45.4 Å². The number of hydrogen-bond acceptors (Lipinski definition) is 10. The number of amides is 5. The standard InChI is InChI=1S/C32H48N10O8/c1-32(2,50)25-16-36-39-42(25)20-14-23(28(45)37-21(26(43)27(33)44)11-7-8-12-35-31(48)49)41(17-20)30(47)22(13-19-9-5-4-6-10-19)38-29(46)24-15-34-18-40(24)3/h15-16,18-23,35,50H,4-14,17H2,1-3H3,(H2,33,44)(H,37,45)(H,38,46)(H,48,49)/t20-,21?,22+,23-/m0/s1. The molecule has 5 amide bonds. The maximum atomic E-state index is 14.6. The van der Waals surface area contributed by atoms with Gasteiger partial charge in [0.2, 0.25) is 17.6 Å². The predicted octanol–water partition coefficient (Wildman–Crippen LogP) is 0.127. The summed E-state index contributed by atoms with van der Waals surface area (Å²) in [5.74, 6) is -3.84. The number of nitrogens with one attached hydrogen (secondary N) is 3. The van der Waals surface area contributed by atoms with Gasteiger partial charge in [-0.2, -0.15) is 0 Å². The van der Waals surface area contributed by atoms with Crippen LogP contribution in [0.4, 0.5) is 4.79 Å². The Kier molecular flexibility index (Phi) is 12.7. The van der Waals surface area contributed by atoms with E-state index in [1.165, 1.54) is 32.9 Å².